The van der Waals surface area contributed by atoms with Crippen molar-refractivity contribution in [2.24, 2.45) is 13.0 Å². The molecule has 2 aromatic rings. The molecule has 0 radical (unpaired) electrons. The lowest BCUT2D eigenvalue weighted by molar-refractivity contribution is -0.122. The summed E-state index contributed by atoms with van der Waals surface area (Å²) in [6.07, 6.45) is 0.307. The van der Waals surface area contributed by atoms with Crippen molar-refractivity contribution in [2.45, 2.75) is 20.3 Å². The zero-order valence-electron chi connectivity index (χ0n) is 12.7. The number of carbonyl (C=O) groups is 2. The fourth-order valence-corrected chi connectivity index (χ4v) is 2.07. The summed E-state index contributed by atoms with van der Waals surface area (Å²) < 4.78 is 1.10. The number of hydrazine groups is 1. The molecule has 0 spiro atoms. The highest BCUT2D eigenvalue weighted by Crippen LogP contribution is 2.12. The van der Waals surface area contributed by atoms with Gasteiger partial charge in [-0.25, -0.2) is 4.68 Å². The molecule has 116 valence electrons. The maximum atomic E-state index is 12.2. The van der Waals surface area contributed by atoms with Crippen LogP contribution in [0, 0.1) is 5.92 Å². The van der Waals surface area contributed by atoms with Gasteiger partial charge in [0.2, 0.25) is 5.91 Å². The van der Waals surface area contributed by atoms with E-state index in [9.17, 15) is 14.4 Å². The number of benzene rings is 1. The first-order valence-corrected chi connectivity index (χ1v) is 6.95. The first-order chi connectivity index (χ1) is 10.4. The number of nitrogens with one attached hydrogen (secondary N) is 2. The minimum absolute atomic E-state index is 0.0857. The first-order valence-electron chi connectivity index (χ1n) is 6.95. The molecule has 0 aliphatic heterocycles. The molecule has 0 aliphatic rings. The van der Waals surface area contributed by atoms with E-state index in [0.717, 1.165) is 4.68 Å². The molecule has 22 heavy (non-hydrogen) atoms. The van der Waals surface area contributed by atoms with E-state index in [1.165, 1.54) is 7.05 Å². The van der Waals surface area contributed by atoms with Crippen LogP contribution >= 0.6 is 0 Å². The largest absolute Gasteiger partial charge is 0.290 e. The van der Waals surface area contributed by atoms with Gasteiger partial charge in [0.25, 0.3) is 11.5 Å². The van der Waals surface area contributed by atoms with Crippen molar-refractivity contribution in [2.75, 3.05) is 0 Å². The summed E-state index contributed by atoms with van der Waals surface area (Å²) in [6.45, 7) is 3.81. The minimum Gasteiger partial charge on any atom is -0.273 e. The van der Waals surface area contributed by atoms with E-state index in [-0.39, 0.29) is 23.1 Å². The van der Waals surface area contributed by atoms with E-state index < -0.39 is 5.91 Å². The number of hydrogen-bond donors (Lipinski definition) is 2. The van der Waals surface area contributed by atoms with Crippen LogP contribution in [0.4, 0.5) is 0 Å². The maximum Gasteiger partial charge on any atom is 0.290 e. The molecule has 2 N–H and O–H groups in total. The fraction of sp³-hybridized carbons (Fsp3) is 0.333. The number of fused-ring (bicyclic) bond motifs is 1. The highest BCUT2D eigenvalue weighted by molar-refractivity contribution is 6.05. The van der Waals surface area contributed by atoms with Crippen molar-refractivity contribution in [3.05, 3.63) is 40.3 Å². The van der Waals surface area contributed by atoms with Gasteiger partial charge in [-0.05, 0) is 12.0 Å². The summed E-state index contributed by atoms with van der Waals surface area (Å²) in [4.78, 5) is 35.8. The maximum absolute atomic E-state index is 12.2. The van der Waals surface area contributed by atoms with Crippen molar-refractivity contribution in [3.8, 4) is 0 Å². The summed E-state index contributed by atoms with van der Waals surface area (Å²) in [6, 6.07) is 6.72. The molecule has 1 aromatic heterocycles. The average molecular weight is 302 g/mol. The number of aromatic nitrogens is 2. The van der Waals surface area contributed by atoms with Gasteiger partial charge in [0.1, 0.15) is 0 Å². The van der Waals surface area contributed by atoms with Crippen molar-refractivity contribution in [1.82, 2.24) is 20.6 Å². The summed E-state index contributed by atoms with van der Waals surface area (Å²) >= 11 is 0. The van der Waals surface area contributed by atoms with Gasteiger partial charge in [0, 0.05) is 18.9 Å². The second-order valence-electron chi connectivity index (χ2n) is 5.42. The molecule has 1 aromatic carbocycles. The number of amides is 2. The molecule has 0 atom stereocenters. The third kappa shape index (κ3) is 3.30. The van der Waals surface area contributed by atoms with Gasteiger partial charge >= 0.3 is 0 Å². The normalized spacial score (nSPS) is 10.7. The molecule has 0 saturated carbocycles. The van der Waals surface area contributed by atoms with Gasteiger partial charge in [0.15, 0.2) is 5.69 Å². The van der Waals surface area contributed by atoms with Gasteiger partial charge in [-0.3, -0.25) is 25.2 Å². The Bertz CT molecular complexity index is 780. The lowest BCUT2D eigenvalue weighted by atomic mass is 10.1. The Balaban J connectivity index is 2.27. The summed E-state index contributed by atoms with van der Waals surface area (Å²) in [5.74, 6) is -0.658. The number of nitrogens with zero attached hydrogens (tertiary/aromatic N) is 2. The van der Waals surface area contributed by atoms with E-state index in [4.69, 9.17) is 0 Å². The van der Waals surface area contributed by atoms with Gasteiger partial charge in [0.05, 0.1) is 5.39 Å². The molecule has 2 rings (SSSR count). The van der Waals surface area contributed by atoms with Crippen LogP contribution in [0.1, 0.15) is 30.8 Å². The van der Waals surface area contributed by atoms with Crippen LogP contribution in [0.3, 0.4) is 0 Å². The average Bonchev–Trinajstić information content (AvgIpc) is 2.48. The number of rotatable bonds is 3. The molecule has 2 amide bonds. The predicted octanol–water partition coefficient (Wildman–Crippen LogP) is 0.741. The predicted molar refractivity (Wildman–Crippen MR) is 82.0 cm³/mol. The van der Waals surface area contributed by atoms with Crippen LogP contribution in [-0.4, -0.2) is 21.6 Å². The lowest BCUT2D eigenvalue weighted by Gasteiger charge is -2.10. The Morgan fingerprint density at radius 2 is 1.82 bits per heavy atom. The zero-order chi connectivity index (χ0) is 16.3. The first kappa shape index (κ1) is 15.7. The Morgan fingerprint density at radius 3 is 2.45 bits per heavy atom. The topological polar surface area (TPSA) is 93.1 Å². The standard InChI is InChI=1S/C15H18N4O3/c1-9(2)8-12(20)16-17-14(21)13-10-6-4-5-7-11(10)15(22)19(3)18-13/h4-7,9H,8H2,1-3H3,(H,16,20)(H,17,21). The highest BCUT2D eigenvalue weighted by Gasteiger charge is 2.16. The Morgan fingerprint density at radius 1 is 1.18 bits per heavy atom. The van der Waals surface area contributed by atoms with Crippen LogP contribution in [-0.2, 0) is 11.8 Å². The van der Waals surface area contributed by atoms with E-state index in [1.807, 2.05) is 13.8 Å². The van der Waals surface area contributed by atoms with Crippen LogP contribution < -0.4 is 16.4 Å². The molecule has 0 fully saturated rings. The third-order valence-electron chi connectivity index (χ3n) is 3.08. The van der Waals surface area contributed by atoms with E-state index in [0.29, 0.717) is 17.2 Å². The van der Waals surface area contributed by atoms with Crippen molar-refractivity contribution >= 4 is 22.6 Å². The monoisotopic (exact) mass is 302 g/mol. The van der Waals surface area contributed by atoms with Crippen LogP contribution in [0.5, 0.6) is 0 Å². The SMILES string of the molecule is CC(C)CC(=O)NNC(=O)c1nn(C)c(=O)c2ccccc12. The second kappa shape index (κ2) is 6.38. The van der Waals surface area contributed by atoms with E-state index >= 15 is 0 Å². The molecule has 0 unspecified atom stereocenters. The molecule has 0 bridgehead atoms. The third-order valence-corrected chi connectivity index (χ3v) is 3.08. The molecule has 7 nitrogen and oxygen atoms in total. The summed E-state index contributed by atoms with van der Waals surface area (Å²) in [7, 11) is 1.48. The molecule has 7 heteroatoms. The smallest absolute Gasteiger partial charge is 0.273 e. The number of hydrogen-bond acceptors (Lipinski definition) is 4. The molecule has 1 heterocycles. The van der Waals surface area contributed by atoms with Crippen LogP contribution in [0.15, 0.2) is 29.1 Å². The summed E-state index contributed by atoms with van der Waals surface area (Å²) in [5.41, 5.74) is 4.48. The minimum atomic E-state index is -0.566. The molecule has 0 saturated heterocycles. The van der Waals surface area contributed by atoms with Gasteiger partial charge in [-0.1, -0.05) is 32.0 Å². The lowest BCUT2D eigenvalue weighted by Crippen LogP contribution is -2.43. The molecule has 0 aliphatic carbocycles. The molecular weight excluding hydrogens is 284 g/mol. The van der Waals surface area contributed by atoms with Gasteiger partial charge in [-0.2, -0.15) is 5.10 Å². The van der Waals surface area contributed by atoms with E-state index in [1.54, 1.807) is 24.3 Å². The van der Waals surface area contributed by atoms with Gasteiger partial charge in [-0.15, -0.1) is 0 Å². The van der Waals surface area contributed by atoms with E-state index in [2.05, 4.69) is 16.0 Å². The van der Waals surface area contributed by atoms with Crippen molar-refractivity contribution < 1.29 is 9.59 Å². The van der Waals surface area contributed by atoms with Crippen molar-refractivity contribution in [1.29, 1.82) is 0 Å². The number of aryl methyl sites for hydroxylation is 1. The second-order valence-corrected chi connectivity index (χ2v) is 5.42. The highest BCUT2D eigenvalue weighted by atomic mass is 16.2. The Kier molecular flexibility index (Phi) is 4.55. The van der Waals surface area contributed by atoms with Gasteiger partial charge < -0.3 is 0 Å². The van der Waals surface area contributed by atoms with Crippen LogP contribution in [0.2, 0.25) is 0 Å². The molecular formula is C15H18N4O3. The Labute approximate surface area is 127 Å². The quantitative estimate of drug-likeness (QED) is 0.818. The fourth-order valence-electron chi connectivity index (χ4n) is 2.07. The summed E-state index contributed by atoms with van der Waals surface area (Å²) in [5, 5.41) is 4.83. The van der Waals surface area contributed by atoms with Crippen molar-refractivity contribution in [3.63, 3.8) is 0 Å². The van der Waals surface area contributed by atoms with Crippen LogP contribution in [0.25, 0.3) is 10.8 Å². The zero-order valence-corrected chi connectivity index (χ0v) is 12.7. The Hall–Kier alpha value is -2.70. The number of carbonyl (C=O) groups excluding carboxylic acids is 2.